The third-order valence-corrected chi connectivity index (χ3v) is 3.66. The monoisotopic (exact) mass is 256 g/mol. The maximum absolute atomic E-state index is 12.5. The van der Waals surface area contributed by atoms with Crippen LogP contribution in [-0.2, 0) is 9.53 Å². The minimum atomic E-state index is -0.410. The van der Waals surface area contributed by atoms with Crippen LogP contribution in [0, 0.1) is 5.92 Å². The average molecular weight is 256 g/mol. The highest BCUT2D eigenvalue weighted by Gasteiger charge is 2.47. The summed E-state index contributed by atoms with van der Waals surface area (Å²) in [4.78, 5) is 14.4. The largest absolute Gasteiger partial charge is 0.377 e. The summed E-state index contributed by atoms with van der Waals surface area (Å²) < 4.78 is 5.56. The number of nitrogens with one attached hydrogen (secondary N) is 1. The van der Waals surface area contributed by atoms with Crippen LogP contribution in [0.3, 0.4) is 0 Å². The molecule has 0 aromatic carbocycles. The smallest absolute Gasteiger partial charge is 0.243 e. The summed E-state index contributed by atoms with van der Waals surface area (Å²) in [6.45, 7) is 13.6. The molecule has 1 aliphatic heterocycles. The highest BCUT2D eigenvalue weighted by Crippen LogP contribution is 2.26. The fourth-order valence-electron chi connectivity index (χ4n) is 2.32. The van der Waals surface area contributed by atoms with Crippen LogP contribution in [0.2, 0.25) is 0 Å². The molecule has 0 aromatic heterocycles. The number of rotatable bonds is 6. The van der Waals surface area contributed by atoms with Crippen LogP contribution >= 0.6 is 0 Å². The van der Waals surface area contributed by atoms with E-state index in [9.17, 15) is 4.79 Å². The lowest BCUT2D eigenvalue weighted by atomic mass is 9.99. The van der Waals surface area contributed by atoms with E-state index in [0.717, 1.165) is 6.42 Å². The van der Waals surface area contributed by atoms with Gasteiger partial charge in [0.15, 0.2) is 0 Å². The third-order valence-electron chi connectivity index (χ3n) is 3.66. The molecule has 1 fully saturated rings. The summed E-state index contributed by atoms with van der Waals surface area (Å²) in [5.41, 5.74) is -0.410. The van der Waals surface area contributed by atoms with E-state index in [0.29, 0.717) is 19.1 Å². The molecule has 4 heteroatoms. The topological polar surface area (TPSA) is 41.6 Å². The third kappa shape index (κ3) is 3.23. The number of amides is 1. The average Bonchev–Trinajstić information content (AvgIpc) is 2.54. The molecule has 0 bridgehead atoms. The van der Waals surface area contributed by atoms with Crippen molar-refractivity contribution >= 4 is 5.91 Å². The van der Waals surface area contributed by atoms with E-state index >= 15 is 0 Å². The number of carbonyl (C=O) groups excluding carboxylic acids is 1. The Hall–Kier alpha value is -0.610. The van der Waals surface area contributed by atoms with E-state index in [1.165, 1.54) is 0 Å². The number of ether oxygens (including phenoxy) is 1. The summed E-state index contributed by atoms with van der Waals surface area (Å²) in [6.07, 6.45) is 1.15. The van der Waals surface area contributed by atoms with E-state index in [1.54, 1.807) is 0 Å². The molecule has 0 spiro atoms. The molecule has 1 aliphatic rings. The van der Waals surface area contributed by atoms with Crippen molar-refractivity contribution in [1.82, 2.24) is 10.2 Å². The van der Waals surface area contributed by atoms with Gasteiger partial charge in [-0.15, -0.1) is 0 Å². The molecule has 1 saturated heterocycles. The molecule has 0 aliphatic carbocycles. The van der Waals surface area contributed by atoms with Crippen LogP contribution in [0.5, 0.6) is 0 Å². The van der Waals surface area contributed by atoms with Crippen molar-refractivity contribution in [3.63, 3.8) is 0 Å². The Bertz CT molecular complexity index is 292. The zero-order chi connectivity index (χ0) is 13.9. The number of nitrogens with zero attached hydrogens (tertiary/aromatic N) is 1. The molecule has 4 nitrogen and oxygen atoms in total. The SMILES string of the molecule is CCC1(C)NC(C(C)C)N(CCOC(C)C)C1=O. The molecule has 0 saturated carbocycles. The lowest BCUT2D eigenvalue weighted by Crippen LogP contribution is -2.45. The molecule has 1 heterocycles. The Labute approximate surface area is 111 Å². The first-order valence-electron chi connectivity index (χ1n) is 7.02. The van der Waals surface area contributed by atoms with Crippen LogP contribution in [-0.4, -0.2) is 41.8 Å². The van der Waals surface area contributed by atoms with E-state index in [2.05, 4.69) is 26.1 Å². The lowest BCUT2D eigenvalue weighted by molar-refractivity contribution is -0.134. The quantitative estimate of drug-likeness (QED) is 0.790. The van der Waals surface area contributed by atoms with Gasteiger partial charge in [-0.3, -0.25) is 10.1 Å². The Morgan fingerprint density at radius 2 is 2.00 bits per heavy atom. The molecular formula is C14H28N2O2. The van der Waals surface area contributed by atoms with E-state index in [4.69, 9.17) is 4.74 Å². The normalized spacial score (nSPS) is 28.8. The summed E-state index contributed by atoms with van der Waals surface area (Å²) in [5, 5.41) is 3.48. The van der Waals surface area contributed by atoms with Crippen molar-refractivity contribution in [3.05, 3.63) is 0 Å². The van der Waals surface area contributed by atoms with Crippen molar-refractivity contribution in [1.29, 1.82) is 0 Å². The summed E-state index contributed by atoms with van der Waals surface area (Å²) >= 11 is 0. The molecule has 1 N–H and O–H groups in total. The summed E-state index contributed by atoms with van der Waals surface area (Å²) in [7, 11) is 0. The lowest BCUT2D eigenvalue weighted by Gasteiger charge is -2.27. The standard InChI is InChI=1S/C14H28N2O2/c1-7-14(6)13(17)16(8-9-18-11(4)5)12(15-14)10(2)3/h10-12,15H,7-9H2,1-6H3. The predicted octanol–water partition coefficient (Wildman–Crippen LogP) is 1.99. The summed E-state index contributed by atoms with van der Waals surface area (Å²) in [6, 6.07) is 0. The zero-order valence-electron chi connectivity index (χ0n) is 12.6. The van der Waals surface area contributed by atoms with Crippen molar-refractivity contribution in [2.45, 2.75) is 65.8 Å². The molecule has 18 heavy (non-hydrogen) atoms. The van der Waals surface area contributed by atoms with Crippen LogP contribution in [0.4, 0.5) is 0 Å². The minimum absolute atomic E-state index is 0.123. The summed E-state index contributed by atoms with van der Waals surface area (Å²) in [5.74, 6) is 0.609. The molecular weight excluding hydrogens is 228 g/mol. The van der Waals surface area contributed by atoms with Crippen LogP contribution in [0.25, 0.3) is 0 Å². The maximum Gasteiger partial charge on any atom is 0.243 e. The Kier molecular flexibility index (Phi) is 5.17. The van der Waals surface area contributed by atoms with Gasteiger partial charge in [-0.25, -0.2) is 0 Å². The zero-order valence-corrected chi connectivity index (χ0v) is 12.6. The molecule has 0 radical (unpaired) electrons. The van der Waals surface area contributed by atoms with E-state index in [-0.39, 0.29) is 18.2 Å². The van der Waals surface area contributed by atoms with E-state index < -0.39 is 5.54 Å². The molecule has 1 amide bonds. The second-order valence-electron chi connectivity index (χ2n) is 5.94. The first kappa shape index (κ1) is 15.4. The highest BCUT2D eigenvalue weighted by atomic mass is 16.5. The van der Waals surface area contributed by atoms with Gasteiger partial charge in [0.1, 0.15) is 0 Å². The maximum atomic E-state index is 12.5. The molecule has 0 aromatic rings. The predicted molar refractivity (Wildman–Crippen MR) is 73.3 cm³/mol. The van der Waals surface area contributed by atoms with Gasteiger partial charge < -0.3 is 9.64 Å². The first-order valence-corrected chi connectivity index (χ1v) is 7.02. The Balaban J connectivity index is 2.69. The van der Waals surface area contributed by atoms with Gasteiger partial charge in [-0.1, -0.05) is 20.8 Å². The molecule has 2 unspecified atom stereocenters. The van der Waals surface area contributed by atoms with Gasteiger partial charge in [-0.2, -0.15) is 0 Å². The van der Waals surface area contributed by atoms with Gasteiger partial charge in [0.25, 0.3) is 0 Å². The Morgan fingerprint density at radius 1 is 1.39 bits per heavy atom. The molecule has 1 rings (SSSR count). The van der Waals surface area contributed by atoms with Crippen LogP contribution in [0.1, 0.15) is 48.0 Å². The second-order valence-corrected chi connectivity index (χ2v) is 5.94. The fourth-order valence-corrected chi connectivity index (χ4v) is 2.32. The van der Waals surface area contributed by atoms with Gasteiger partial charge in [0.05, 0.1) is 24.4 Å². The van der Waals surface area contributed by atoms with Gasteiger partial charge in [0, 0.05) is 6.54 Å². The fraction of sp³-hybridized carbons (Fsp3) is 0.929. The van der Waals surface area contributed by atoms with Crippen molar-refractivity contribution in [2.75, 3.05) is 13.2 Å². The van der Waals surface area contributed by atoms with Gasteiger partial charge >= 0.3 is 0 Å². The van der Waals surface area contributed by atoms with Crippen molar-refractivity contribution < 1.29 is 9.53 Å². The molecule has 106 valence electrons. The minimum Gasteiger partial charge on any atom is -0.377 e. The number of hydrogen-bond acceptors (Lipinski definition) is 3. The van der Waals surface area contributed by atoms with Gasteiger partial charge in [-0.05, 0) is 33.1 Å². The van der Waals surface area contributed by atoms with Crippen molar-refractivity contribution in [3.8, 4) is 0 Å². The van der Waals surface area contributed by atoms with Crippen molar-refractivity contribution in [2.24, 2.45) is 5.92 Å². The number of hydrogen-bond donors (Lipinski definition) is 1. The first-order chi connectivity index (χ1) is 8.31. The second kappa shape index (κ2) is 6.02. The Morgan fingerprint density at radius 3 is 2.44 bits per heavy atom. The number of carbonyl (C=O) groups is 1. The van der Waals surface area contributed by atoms with E-state index in [1.807, 2.05) is 25.7 Å². The van der Waals surface area contributed by atoms with Gasteiger partial charge in [0.2, 0.25) is 5.91 Å². The van der Waals surface area contributed by atoms with Crippen LogP contribution in [0.15, 0.2) is 0 Å². The molecule has 2 atom stereocenters. The highest BCUT2D eigenvalue weighted by molar-refractivity contribution is 5.88. The van der Waals surface area contributed by atoms with Crippen LogP contribution < -0.4 is 5.32 Å².